The Balaban J connectivity index is 1.31. The standard InChI is InChI=1S/C47H66N2O10S3/c1-5-36(30-35-14-7-6-8-15-35)41-18-13-16-37(60-28-26-56-24-25-57-27-29-61-62-42-19-9-11-22-48-42)31-39(50)33(3)43(51)34(4)40-21-20-32(2)47(55,59-40)44(52)45(53)49-23-12-10-17-38(49)46(54)58-41/h6-9,11,13-15,18-19,22,32-34,36-38,40-41,43,51,55H,5,10,12,16-17,20-21,23-31H2,1-4H3/b18-13+/t32-,33-,34+,36-,37?,38?,40+,41+,43+,47-/m1/s1. The molecule has 2 aromatic rings. The molecular weight excluding hydrogens is 849 g/mol. The van der Waals surface area contributed by atoms with Crippen molar-refractivity contribution < 1.29 is 48.3 Å². The number of carbonyl (C=O) groups excluding carboxylic acids is 4. The van der Waals surface area contributed by atoms with Gasteiger partial charge in [-0.25, -0.2) is 9.78 Å². The van der Waals surface area contributed by atoms with E-state index in [4.69, 9.17) is 18.9 Å². The summed E-state index contributed by atoms with van der Waals surface area (Å²) < 4.78 is 24.1. The van der Waals surface area contributed by atoms with Gasteiger partial charge in [0.25, 0.3) is 11.7 Å². The average Bonchev–Trinajstić information content (AvgIpc) is 3.29. The van der Waals surface area contributed by atoms with Crippen LogP contribution in [0.4, 0.5) is 0 Å². The summed E-state index contributed by atoms with van der Waals surface area (Å²) in [6.07, 6.45) is 7.47. The van der Waals surface area contributed by atoms with Crippen molar-refractivity contribution in [1.29, 1.82) is 0 Å². The van der Waals surface area contributed by atoms with Gasteiger partial charge in [-0.05, 0) is 85.9 Å². The first-order valence-electron chi connectivity index (χ1n) is 22.3. The van der Waals surface area contributed by atoms with Gasteiger partial charge in [-0.3, -0.25) is 14.4 Å². The molecule has 15 heteroatoms. The number of rotatable bonds is 16. The van der Waals surface area contributed by atoms with Crippen LogP contribution in [-0.4, -0.2) is 123 Å². The lowest BCUT2D eigenvalue weighted by atomic mass is 9.79. The fourth-order valence-electron chi connectivity index (χ4n) is 8.32. The lowest BCUT2D eigenvalue weighted by Gasteiger charge is -2.44. The summed E-state index contributed by atoms with van der Waals surface area (Å²) in [5.41, 5.74) is 1.09. The maximum absolute atomic E-state index is 14.2. The number of Topliss-reactive ketones (excluding diaryl/α,β-unsaturated/α-hetero) is 2. The fourth-order valence-corrected chi connectivity index (χ4v) is 11.1. The number of benzene rings is 1. The summed E-state index contributed by atoms with van der Waals surface area (Å²) in [6, 6.07) is 14.8. The van der Waals surface area contributed by atoms with Crippen LogP contribution in [0.1, 0.15) is 84.6 Å². The van der Waals surface area contributed by atoms with Crippen molar-refractivity contribution in [1.82, 2.24) is 9.88 Å². The maximum Gasteiger partial charge on any atom is 0.329 e. The number of hydrogen-bond acceptors (Lipinski definition) is 14. The number of aliphatic hydroxyl groups excluding tert-OH is 1. The number of esters is 1. The molecular formula is C47H66N2O10S3. The summed E-state index contributed by atoms with van der Waals surface area (Å²) >= 11 is 1.62. The van der Waals surface area contributed by atoms with E-state index in [0.717, 1.165) is 16.3 Å². The molecule has 342 valence electrons. The number of allylic oxidation sites excluding steroid dienone is 1. The Morgan fingerprint density at radius 1 is 0.935 bits per heavy atom. The second-order valence-electron chi connectivity index (χ2n) is 16.7. The third-order valence-corrected chi connectivity index (χ3v) is 15.8. The molecule has 3 aliphatic rings. The maximum atomic E-state index is 14.2. The minimum absolute atomic E-state index is 0.103. The number of hydrogen-bond donors (Lipinski definition) is 2. The van der Waals surface area contributed by atoms with Gasteiger partial charge < -0.3 is 34.1 Å². The number of pyridine rings is 1. The number of amides is 1. The molecule has 2 unspecified atom stereocenters. The van der Waals surface area contributed by atoms with E-state index in [1.165, 1.54) is 4.90 Å². The third kappa shape index (κ3) is 14.4. The number of piperidine rings is 1. The van der Waals surface area contributed by atoms with Gasteiger partial charge in [0, 0.05) is 59.6 Å². The molecule has 0 aliphatic carbocycles. The van der Waals surface area contributed by atoms with E-state index in [-0.39, 0.29) is 29.9 Å². The van der Waals surface area contributed by atoms with Crippen LogP contribution in [-0.2, 0) is 44.5 Å². The predicted molar refractivity (Wildman–Crippen MR) is 245 cm³/mol. The van der Waals surface area contributed by atoms with Gasteiger partial charge in [-0.15, -0.1) is 0 Å². The van der Waals surface area contributed by atoms with Crippen molar-refractivity contribution in [2.75, 3.05) is 44.5 Å². The number of aliphatic hydroxyl groups is 2. The second-order valence-corrected chi connectivity index (χ2v) is 20.5. The highest BCUT2D eigenvalue weighted by atomic mass is 33.1. The van der Waals surface area contributed by atoms with Crippen molar-refractivity contribution >= 4 is 56.8 Å². The van der Waals surface area contributed by atoms with E-state index in [2.05, 4.69) is 11.9 Å². The number of ketones is 2. The molecule has 10 atom stereocenters. The average molecular weight is 915 g/mol. The van der Waals surface area contributed by atoms with E-state index >= 15 is 0 Å². The Morgan fingerprint density at radius 2 is 1.68 bits per heavy atom. The second kappa shape index (κ2) is 25.7. The summed E-state index contributed by atoms with van der Waals surface area (Å²) in [7, 11) is 3.31. The molecule has 1 amide bonds. The van der Waals surface area contributed by atoms with Crippen molar-refractivity contribution in [3.05, 3.63) is 72.4 Å². The largest absolute Gasteiger partial charge is 0.456 e. The van der Waals surface area contributed by atoms with Gasteiger partial charge in [0.15, 0.2) is 0 Å². The number of carbonyl (C=O) groups is 4. The Bertz CT molecular complexity index is 1740. The smallest absolute Gasteiger partial charge is 0.329 e. The SMILES string of the molecule is CC[C@H](Cc1ccccc1)[C@@H]1/C=C/CC(SCCOCCOCCSSc2ccccn2)CC(=O)[C@@H](C)[C@H](O)[C@@H](C)[C@@H]2CC[C@@H](C)[C@@](O)(O2)C(=O)C(=O)N2CCCCC2C(=O)O1. The third-order valence-electron chi connectivity index (χ3n) is 12.4. The van der Waals surface area contributed by atoms with Crippen molar-refractivity contribution in [2.45, 2.75) is 126 Å². The van der Waals surface area contributed by atoms with Crippen molar-refractivity contribution in [3.8, 4) is 0 Å². The molecule has 2 bridgehead atoms. The van der Waals surface area contributed by atoms with Gasteiger partial charge >= 0.3 is 5.97 Å². The molecule has 2 N–H and O–H groups in total. The van der Waals surface area contributed by atoms with Crippen LogP contribution >= 0.6 is 33.3 Å². The fraction of sp³-hybridized carbons (Fsp3) is 0.638. The number of thioether (sulfide) groups is 1. The highest BCUT2D eigenvalue weighted by molar-refractivity contribution is 8.76. The minimum Gasteiger partial charge on any atom is -0.456 e. The monoisotopic (exact) mass is 914 g/mol. The van der Waals surface area contributed by atoms with Gasteiger partial charge in [0.2, 0.25) is 5.79 Å². The summed E-state index contributed by atoms with van der Waals surface area (Å²) in [4.78, 5) is 61.8. The molecule has 5 rings (SSSR count). The molecule has 0 radical (unpaired) electrons. The number of cyclic esters (lactones) is 1. The van der Waals surface area contributed by atoms with Gasteiger partial charge in [0.05, 0.1) is 38.6 Å². The van der Waals surface area contributed by atoms with E-state index < -0.39 is 65.6 Å². The van der Waals surface area contributed by atoms with Crippen molar-refractivity contribution in [3.63, 3.8) is 0 Å². The van der Waals surface area contributed by atoms with E-state index in [1.807, 2.05) is 60.7 Å². The molecule has 0 saturated carbocycles. The van der Waals surface area contributed by atoms with Crippen LogP contribution in [0.5, 0.6) is 0 Å². The Labute approximate surface area is 379 Å². The zero-order valence-electron chi connectivity index (χ0n) is 36.6. The molecule has 1 aromatic carbocycles. The molecule has 62 heavy (non-hydrogen) atoms. The highest BCUT2D eigenvalue weighted by Crippen LogP contribution is 2.39. The quantitative estimate of drug-likeness (QED) is 0.0575. The minimum atomic E-state index is -2.46. The number of aromatic nitrogens is 1. The van der Waals surface area contributed by atoms with Gasteiger partial charge in [0.1, 0.15) is 23.0 Å². The topological polar surface area (TPSA) is 162 Å². The Morgan fingerprint density at radius 3 is 2.40 bits per heavy atom. The molecule has 2 saturated heterocycles. The van der Waals surface area contributed by atoms with E-state index in [0.29, 0.717) is 83.5 Å². The summed E-state index contributed by atoms with van der Waals surface area (Å²) in [6.45, 7) is 9.31. The molecule has 1 aromatic heterocycles. The van der Waals surface area contributed by atoms with Gasteiger partial charge in [-0.1, -0.05) is 81.0 Å². The first-order chi connectivity index (χ1) is 29.9. The highest BCUT2D eigenvalue weighted by Gasteiger charge is 2.54. The summed E-state index contributed by atoms with van der Waals surface area (Å²) in [5, 5.41) is 24.3. The normalized spacial score (nSPS) is 30.4. The number of ether oxygens (including phenoxy) is 4. The lowest BCUT2D eigenvalue weighted by Crippen LogP contribution is -2.61. The molecule has 3 aliphatic heterocycles. The van der Waals surface area contributed by atoms with Crippen LogP contribution < -0.4 is 0 Å². The Hall–Kier alpha value is -2.76. The van der Waals surface area contributed by atoms with Crippen LogP contribution in [0.3, 0.4) is 0 Å². The predicted octanol–water partition coefficient (Wildman–Crippen LogP) is 7.14. The van der Waals surface area contributed by atoms with Gasteiger partial charge in [-0.2, -0.15) is 11.8 Å². The van der Waals surface area contributed by atoms with E-state index in [1.54, 1.807) is 60.3 Å². The van der Waals surface area contributed by atoms with E-state index in [9.17, 15) is 29.4 Å². The summed E-state index contributed by atoms with van der Waals surface area (Å²) in [5.74, 6) is -6.06. The lowest BCUT2D eigenvalue weighted by molar-refractivity contribution is -0.274. The first kappa shape index (κ1) is 50.2. The first-order valence-corrected chi connectivity index (χ1v) is 25.6. The molecule has 12 nitrogen and oxygen atoms in total. The van der Waals surface area contributed by atoms with Crippen LogP contribution in [0.15, 0.2) is 71.9 Å². The van der Waals surface area contributed by atoms with Crippen LogP contribution in [0.2, 0.25) is 0 Å². The van der Waals surface area contributed by atoms with Crippen LogP contribution in [0, 0.1) is 23.7 Å². The number of nitrogens with zero attached hydrogens (tertiary/aromatic N) is 2. The molecule has 0 spiro atoms. The number of fused-ring (bicyclic) bond motifs is 3. The zero-order valence-corrected chi connectivity index (χ0v) is 39.1. The molecule has 4 heterocycles. The molecule has 2 fully saturated rings. The Kier molecular flexibility index (Phi) is 20.8. The van der Waals surface area contributed by atoms with Crippen LogP contribution in [0.25, 0.3) is 0 Å². The van der Waals surface area contributed by atoms with Crippen molar-refractivity contribution in [2.24, 2.45) is 23.7 Å². The zero-order chi connectivity index (χ0) is 44.5.